The van der Waals surface area contributed by atoms with Crippen molar-refractivity contribution < 1.29 is 9.53 Å². The zero-order chi connectivity index (χ0) is 18.4. The number of hydrogen-bond donors (Lipinski definition) is 2. The third kappa shape index (κ3) is 9.23. The van der Waals surface area contributed by atoms with E-state index in [4.69, 9.17) is 16.3 Å². The van der Waals surface area contributed by atoms with Crippen molar-refractivity contribution in [3.05, 3.63) is 29.8 Å². The van der Waals surface area contributed by atoms with Gasteiger partial charge in [0, 0.05) is 23.2 Å². The first-order valence-corrected chi connectivity index (χ1v) is 8.60. The number of nitrogens with zero attached hydrogens (tertiary/aromatic N) is 1. The standard InChI is InChI=1S/C18H30ClN3O2/c1-17(2,3)20-22(21-18(4,5)6)12-7-13-24-15-10-8-14(9-11-15)16(19)23/h8-11,20-21H,7,12-13H2,1-6H3. The Balaban J connectivity index is 2.45. The van der Waals surface area contributed by atoms with Gasteiger partial charge in [-0.1, -0.05) is 0 Å². The summed E-state index contributed by atoms with van der Waals surface area (Å²) >= 11 is 5.42. The number of ether oxygens (including phenoxy) is 1. The number of nitrogens with one attached hydrogen (secondary N) is 2. The number of hydrogen-bond acceptors (Lipinski definition) is 5. The molecule has 0 saturated heterocycles. The van der Waals surface area contributed by atoms with Crippen molar-refractivity contribution in [1.82, 2.24) is 16.0 Å². The quantitative estimate of drug-likeness (QED) is 0.422. The Bertz CT molecular complexity index is 503. The minimum Gasteiger partial charge on any atom is -0.494 e. The molecule has 0 saturated carbocycles. The molecule has 0 fully saturated rings. The van der Waals surface area contributed by atoms with Crippen LogP contribution in [0.25, 0.3) is 0 Å². The van der Waals surface area contributed by atoms with Gasteiger partial charge in [0.1, 0.15) is 5.75 Å². The molecule has 0 radical (unpaired) electrons. The van der Waals surface area contributed by atoms with Gasteiger partial charge in [-0.2, -0.15) is 5.12 Å². The van der Waals surface area contributed by atoms with Gasteiger partial charge in [0.25, 0.3) is 5.24 Å². The fraction of sp³-hybridized carbons (Fsp3) is 0.611. The molecule has 0 spiro atoms. The maximum Gasteiger partial charge on any atom is 0.252 e. The molecular formula is C18H30ClN3O2. The number of benzene rings is 1. The van der Waals surface area contributed by atoms with Gasteiger partial charge in [-0.3, -0.25) is 4.79 Å². The fourth-order valence-corrected chi connectivity index (χ4v) is 2.17. The average Bonchev–Trinajstić information content (AvgIpc) is 2.40. The molecule has 2 N–H and O–H groups in total. The predicted molar refractivity (Wildman–Crippen MR) is 99.2 cm³/mol. The highest BCUT2D eigenvalue weighted by Gasteiger charge is 2.19. The molecular weight excluding hydrogens is 326 g/mol. The van der Waals surface area contributed by atoms with E-state index in [-0.39, 0.29) is 11.1 Å². The van der Waals surface area contributed by atoms with Crippen LogP contribution in [0.5, 0.6) is 5.75 Å². The zero-order valence-electron chi connectivity index (χ0n) is 15.6. The van der Waals surface area contributed by atoms with Crippen LogP contribution in [0.15, 0.2) is 24.3 Å². The number of halogens is 1. The average molecular weight is 356 g/mol. The van der Waals surface area contributed by atoms with E-state index >= 15 is 0 Å². The summed E-state index contributed by atoms with van der Waals surface area (Å²) in [7, 11) is 0. The molecule has 0 aliphatic carbocycles. The van der Waals surface area contributed by atoms with Crippen molar-refractivity contribution in [3.8, 4) is 5.75 Å². The van der Waals surface area contributed by atoms with E-state index in [1.807, 2.05) is 5.12 Å². The van der Waals surface area contributed by atoms with Gasteiger partial charge in [-0.05, 0) is 83.8 Å². The second-order valence-corrected chi connectivity index (χ2v) is 8.22. The van der Waals surface area contributed by atoms with Crippen molar-refractivity contribution >= 4 is 16.8 Å². The van der Waals surface area contributed by atoms with Crippen molar-refractivity contribution in [3.63, 3.8) is 0 Å². The Morgan fingerprint density at radius 3 is 1.96 bits per heavy atom. The Hall–Kier alpha value is -1.14. The van der Waals surface area contributed by atoms with Crippen molar-refractivity contribution in [1.29, 1.82) is 0 Å². The summed E-state index contributed by atoms with van der Waals surface area (Å²) in [5, 5.41) is 1.57. The highest BCUT2D eigenvalue weighted by Crippen LogP contribution is 2.14. The minimum absolute atomic E-state index is 0.0248. The van der Waals surface area contributed by atoms with Gasteiger partial charge in [0.05, 0.1) is 6.61 Å². The molecule has 0 heterocycles. The number of hydrazine groups is 2. The molecule has 0 aliphatic rings. The van der Waals surface area contributed by atoms with E-state index in [9.17, 15) is 4.79 Å². The van der Waals surface area contributed by atoms with E-state index in [1.54, 1.807) is 24.3 Å². The molecule has 136 valence electrons. The SMILES string of the molecule is CC(C)(C)NN(CCCOc1ccc(C(=O)Cl)cc1)NC(C)(C)C. The lowest BCUT2D eigenvalue weighted by molar-refractivity contribution is 0.0279. The monoisotopic (exact) mass is 355 g/mol. The molecule has 1 rings (SSSR count). The summed E-state index contributed by atoms with van der Waals surface area (Å²) in [4.78, 5) is 11.0. The topological polar surface area (TPSA) is 53.6 Å². The maximum atomic E-state index is 11.0. The third-order valence-electron chi connectivity index (χ3n) is 2.82. The van der Waals surface area contributed by atoms with E-state index in [0.717, 1.165) is 18.7 Å². The molecule has 0 bridgehead atoms. The fourth-order valence-electron chi connectivity index (χ4n) is 2.04. The number of carbonyl (C=O) groups is 1. The third-order valence-corrected chi connectivity index (χ3v) is 3.04. The van der Waals surface area contributed by atoms with Crippen LogP contribution in [0.2, 0.25) is 0 Å². The highest BCUT2D eigenvalue weighted by atomic mass is 35.5. The Morgan fingerprint density at radius 2 is 1.54 bits per heavy atom. The molecule has 0 atom stereocenters. The minimum atomic E-state index is -0.460. The summed E-state index contributed by atoms with van der Waals surface area (Å²) in [6, 6.07) is 6.85. The highest BCUT2D eigenvalue weighted by molar-refractivity contribution is 6.67. The van der Waals surface area contributed by atoms with E-state index in [2.05, 4.69) is 52.4 Å². The van der Waals surface area contributed by atoms with Crippen molar-refractivity contribution in [2.45, 2.75) is 59.0 Å². The summed E-state index contributed by atoms with van der Waals surface area (Å²) in [5.41, 5.74) is 7.31. The van der Waals surface area contributed by atoms with E-state index in [1.165, 1.54) is 0 Å². The maximum absolute atomic E-state index is 11.0. The molecule has 5 nitrogen and oxygen atoms in total. The van der Waals surface area contributed by atoms with E-state index in [0.29, 0.717) is 12.2 Å². The molecule has 1 aromatic rings. The molecule has 0 aromatic heterocycles. The predicted octanol–water partition coefficient (Wildman–Crippen LogP) is 3.74. The molecule has 0 aliphatic heterocycles. The van der Waals surface area contributed by atoms with Gasteiger partial charge >= 0.3 is 0 Å². The molecule has 0 unspecified atom stereocenters. The van der Waals surface area contributed by atoms with Crippen LogP contribution >= 0.6 is 11.6 Å². The Labute approximate surface area is 150 Å². The number of carbonyl (C=O) groups excluding carboxylic acids is 1. The van der Waals surface area contributed by atoms with Gasteiger partial charge in [-0.15, -0.1) is 0 Å². The van der Waals surface area contributed by atoms with E-state index < -0.39 is 5.24 Å². The van der Waals surface area contributed by atoms with Crippen LogP contribution in [-0.4, -0.2) is 34.6 Å². The lowest BCUT2D eigenvalue weighted by atomic mass is 10.1. The van der Waals surface area contributed by atoms with Gasteiger partial charge in [0.2, 0.25) is 0 Å². The lowest BCUT2D eigenvalue weighted by Crippen LogP contribution is -2.60. The first-order chi connectivity index (χ1) is 11.0. The van der Waals surface area contributed by atoms with Crippen molar-refractivity contribution in [2.24, 2.45) is 0 Å². The van der Waals surface area contributed by atoms with Crippen LogP contribution in [0.4, 0.5) is 0 Å². The van der Waals surface area contributed by atoms with Gasteiger partial charge < -0.3 is 4.74 Å². The van der Waals surface area contributed by atoms with Crippen molar-refractivity contribution in [2.75, 3.05) is 13.2 Å². The first kappa shape index (κ1) is 20.9. The largest absolute Gasteiger partial charge is 0.494 e. The van der Waals surface area contributed by atoms with Gasteiger partial charge in [0.15, 0.2) is 0 Å². The summed E-state index contributed by atoms with van der Waals surface area (Å²) in [6.07, 6.45) is 0.850. The van der Waals surface area contributed by atoms with Crippen LogP contribution < -0.4 is 15.6 Å². The normalized spacial score (nSPS) is 12.5. The Morgan fingerprint density at radius 1 is 1.04 bits per heavy atom. The summed E-state index contributed by atoms with van der Waals surface area (Å²) in [6.45, 7) is 14.1. The first-order valence-electron chi connectivity index (χ1n) is 8.22. The molecule has 6 heteroatoms. The second kappa shape index (κ2) is 8.81. The van der Waals surface area contributed by atoms with Crippen LogP contribution in [0.1, 0.15) is 58.3 Å². The van der Waals surface area contributed by atoms with Crippen LogP contribution in [0, 0.1) is 0 Å². The van der Waals surface area contributed by atoms with Crippen LogP contribution in [0.3, 0.4) is 0 Å². The lowest BCUT2D eigenvalue weighted by Gasteiger charge is -2.36. The van der Waals surface area contributed by atoms with Gasteiger partial charge in [-0.25, -0.2) is 10.9 Å². The zero-order valence-corrected chi connectivity index (χ0v) is 16.3. The summed E-state index contributed by atoms with van der Waals surface area (Å²) < 4.78 is 5.71. The number of rotatable bonds is 8. The smallest absolute Gasteiger partial charge is 0.252 e. The summed E-state index contributed by atoms with van der Waals surface area (Å²) in [5.74, 6) is 0.732. The molecule has 24 heavy (non-hydrogen) atoms. The van der Waals surface area contributed by atoms with Crippen LogP contribution in [-0.2, 0) is 0 Å². The second-order valence-electron chi connectivity index (χ2n) is 7.88. The molecule has 1 aromatic carbocycles. The Kier molecular flexibility index (Phi) is 7.67. The molecule has 0 amide bonds.